The Labute approximate surface area is 211 Å². The van der Waals surface area contributed by atoms with Crippen LogP contribution in [0.1, 0.15) is 48.5 Å². The summed E-state index contributed by atoms with van der Waals surface area (Å²) < 4.78 is 92.8. The van der Waals surface area contributed by atoms with Crippen molar-refractivity contribution in [3.8, 4) is 0 Å². The number of nitrogens with one attached hydrogen (secondary N) is 1. The fourth-order valence-corrected chi connectivity index (χ4v) is 6.56. The summed E-state index contributed by atoms with van der Waals surface area (Å²) in [6.07, 6.45) is -6.40. The number of carbonyl (C=O) groups is 1. The Morgan fingerprint density at radius 3 is 2.22 bits per heavy atom. The average molecular weight is 562 g/mol. The molecule has 2 fully saturated rings. The van der Waals surface area contributed by atoms with Crippen LogP contribution in [0.15, 0.2) is 18.2 Å². The van der Waals surface area contributed by atoms with Crippen LogP contribution in [0.4, 0.5) is 22.0 Å². The zero-order valence-corrected chi connectivity index (χ0v) is 21.2. The van der Waals surface area contributed by atoms with E-state index in [0.717, 1.165) is 12.1 Å². The summed E-state index contributed by atoms with van der Waals surface area (Å²) in [7, 11) is -3.68. The molecule has 1 unspecified atom stereocenters. The number of hydrogen-bond acceptors (Lipinski definition) is 5. The lowest BCUT2D eigenvalue weighted by Gasteiger charge is -2.50. The van der Waals surface area contributed by atoms with Crippen LogP contribution in [0.25, 0.3) is 0 Å². The number of nitrogens with zero attached hydrogens (tertiary/aromatic N) is 2. The van der Waals surface area contributed by atoms with Crippen LogP contribution in [-0.2, 0) is 16.2 Å². The fourth-order valence-electron chi connectivity index (χ4n) is 4.75. The number of aliphatic hydroxyl groups is 1. The van der Waals surface area contributed by atoms with E-state index >= 15 is 0 Å². The predicted molar refractivity (Wildman–Crippen MR) is 124 cm³/mol. The van der Waals surface area contributed by atoms with Crippen molar-refractivity contribution in [3.05, 3.63) is 34.3 Å². The van der Waals surface area contributed by atoms with Gasteiger partial charge in [0.05, 0.1) is 28.0 Å². The summed E-state index contributed by atoms with van der Waals surface area (Å²) in [4.78, 5) is 14.6. The second kappa shape index (κ2) is 10.7. The Hall–Kier alpha value is -1.54. The highest BCUT2D eigenvalue weighted by molar-refractivity contribution is 7.89. The first-order valence-electron chi connectivity index (χ1n) is 11.5. The van der Waals surface area contributed by atoms with E-state index < -0.39 is 63.8 Å². The molecule has 1 aliphatic carbocycles. The van der Waals surface area contributed by atoms with Crippen LogP contribution in [-0.4, -0.2) is 84.7 Å². The van der Waals surface area contributed by atoms with E-state index in [0.29, 0.717) is 6.07 Å². The lowest BCUT2D eigenvalue weighted by Crippen LogP contribution is -2.63. The molecule has 1 heterocycles. The molecule has 1 saturated carbocycles. The maximum atomic E-state index is 14.0. The number of piperazine rings is 1. The lowest BCUT2D eigenvalue weighted by atomic mass is 9.78. The number of halogens is 6. The van der Waals surface area contributed by atoms with Crippen LogP contribution in [0.5, 0.6) is 0 Å². The Balaban J connectivity index is 1.73. The van der Waals surface area contributed by atoms with Gasteiger partial charge in [0.15, 0.2) is 0 Å². The molecular formula is C22H29ClF5N3O4S. The van der Waals surface area contributed by atoms with E-state index in [2.05, 4.69) is 5.32 Å². The number of rotatable bonds is 7. The molecule has 204 valence electrons. The lowest BCUT2D eigenvalue weighted by molar-refractivity contribution is -0.137. The van der Waals surface area contributed by atoms with Crippen molar-refractivity contribution in [3.63, 3.8) is 0 Å². The van der Waals surface area contributed by atoms with Crippen LogP contribution >= 0.6 is 11.6 Å². The summed E-state index contributed by atoms with van der Waals surface area (Å²) >= 11 is 5.92. The predicted octanol–water partition coefficient (Wildman–Crippen LogP) is 3.36. The third-order valence-electron chi connectivity index (χ3n) is 6.79. The van der Waals surface area contributed by atoms with Crippen molar-refractivity contribution < 1.29 is 40.3 Å². The van der Waals surface area contributed by atoms with E-state index in [1.807, 2.05) is 4.90 Å². The monoisotopic (exact) mass is 561 g/mol. The third-order valence-corrected chi connectivity index (χ3v) is 9.15. The van der Waals surface area contributed by atoms with Gasteiger partial charge in [0.2, 0.25) is 15.9 Å². The van der Waals surface area contributed by atoms with Crippen molar-refractivity contribution in [2.45, 2.75) is 56.3 Å². The van der Waals surface area contributed by atoms with E-state index in [-0.39, 0.29) is 56.2 Å². The minimum absolute atomic E-state index is 0.0431. The highest BCUT2D eigenvalue weighted by Gasteiger charge is 2.48. The standard InChI is InChI=1S/C22H29ClF5N3O4S/c1-15(32)13-36(34,35)31-10-8-30(9-11-31)20(4-6-21(24,25)7-5-20)14-29-19(33)17-3-2-16(12-18(17)23)22(26,27)28/h2-3,12,15,32H,4-11,13-14H2,1H3,(H,29,33). The zero-order chi connectivity index (χ0) is 26.9. The minimum atomic E-state index is -4.62. The number of sulfonamides is 1. The molecule has 3 rings (SSSR count). The van der Waals surface area contributed by atoms with Gasteiger partial charge >= 0.3 is 6.18 Å². The van der Waals surface area contributed by atoms with E-state index in [1.54, 1.807) is 0 Å². The SMILES string of the molecule is CC(O)CS(=O)(=O)N1CCN(C2(CNC(=O)c3ccc(C(F)(F)F)cc3Cl)CCC(F)(F)CC2)CC1. The molecule has 2 aliphatic rings. The Kier molecular flexibility index (Phi) is 8.61. The van der Waals surface area contributed by atoms with Crippen LogP contribution in [0.3, 0.4) is 0 Å². The van der Waals surface area contributed by atoms with E-state index in [9.17, 15) is 40.3 Å². The third kappa shape index (κ3) is 6.85. The first-order valence-corrected chi connectivity index (χ1v) is 13.5. The second-order valence-corrected chi connectivity index (χ2v) is 11.9. The van der Waals surface area contributed by atoms with Gasteiger partial charge in [0.25, 0.3) is 5.91 Å². The number of carbonyl (C=O) groups excluding carboxylic acids is 1. The van der Waals surface area contributed by atoms with Gasteiger partial charge in [0, 0.05) is 51.1 Å². The summed E-state index contributed by atoms with van der Waals surface area (Å²) in [6.45, 7) is 2.00. The molecule has 1 amide bonds. The first-order chi connectivity index (χ1) is 16.5. The number of amides is 1. The molecule has 1 atom stereocenters. The van der Waals surface area contributed by atoms with Gasteiger partial charge in [-0.15, -0.1) is 0 Å². The quantitative estimate of drug-likeness (QED) is 0.498. The van der Waals surface area contributed by atoms with Gasteiger partial charge in [-0.1, -0.05) is 11.6 Å². The molecule has 0 bridgehead atoms. The molecular weight excluding hydrogens is 533 g/mol. The van der Waals surface area contributed by atoms with Gasteiger partial charge in [-0.3, -0.25) is 9.69 Å². The summed E-state index contributed by atoms with van der Waals surface area (Å²) in [6, 6.07) is 2.36. The van der Waals surface area contributed by atoms with Crippen LogP contribution in [0, 0.1) is 0 Å². The van der Waals surface area contributed by atoms with E-state index in [1.165, 1.54) is 11.2 Å². The maximum absolute atomic E-state index is 14.0. The molecule has 2 N–H and O–H groups in total. The topological polar surface area (TPSA) is 89.9 Å². The molecule has 1 aromatic carbocycles. The van der Waals surface area contributed by atoms with Crippen molar-refractivity contribution in [2.75, 3.05) is 38.5 Å². The van der Waals surface area contributed by atoms with Crippen molar-refractivity contribution in [1.82, 2.24) is 14.5 Å². The molecule has 0 radical (unpaired) electrons. The number of aliphatic hydroxyl groups excluding tert-OH is 1. The fraction of sp³-hybridized carbons (Fsp3) is 0.682. The zero-order valence-electron chi connectivity index (χ0n) is 19.6. The van der Waals surface area contributed by atoms with Gasteiger partial charge in [-0.05, 0) is 38.0 Å². The number of benzene rings is 1. The molecule has 0 aromatic heterocycles. The van der Waals surface area contributed by atoms with Gasteiger partial charge in [0.1, 0.15) is 0 Å². The summed E-state index contributed by atoms with van der Waals surface area (Å²) in [5.74, 6) is -4.01. The minimum Gasteiger partial charge on any atom is -0.392 e. The summed E-state index contributed by atoms with van der Waals surface area (Å²) in [5.41, 5.74) is -2.05. The Morgan fingerprint density at radius 1 is 1.14 bits per heavy atom. The molecule has 1 saturated heterocycles. The van der Waals surface area contributed by atoms with Gasteiger partial charge in [-0.2, -0.15) is 17.5 Å². The Morgan fingerprint density at radius 2 is 1.72 bits per heavy atom. The van der Waals surface area contributed by atoms with Gasteiger partial charge < -0.3 is 10.4 Å². The molecule has 14 heteroatoms. The highest BCUT2D eigenvalue weighted by Crippen LogP contribution is 2.42. The number of alkyl halides is 5. The second-order valence-electron chi connectivity index (χ2n) is 9.47. The normalized spacial score (nSPS) is 22.2. The Bertz CT molecular complexity index is 1050. The maximum Gasteiger partial charge on any atom is 0.416 e. The molecule has 7 nitrogen and oxygen atoms in total. The van der Waals surface area contributed by atoms with Crippen molar-refractivity contribution in [1.29, 1.82) is 0 Å². The first kappa shape index (κ1) is 29.0. The molecule has 0 spiro atoms. The van der Waals surface area contributed by atoms with Crippen LogP contribution in [0.2, 0.25) is 5.02 Å². The van der Waals surface area contributed by atoms with Gasteiger partial charge in [-0.25, -0.2) is 17.2 Å². The summed E-state index contributed by atoms with van der Waals surface area (Å²) in [5, 5.41) is 11.7. The molecule has 36 heavy (non-hydrogen) atoms. The average Bonchev–Trinajstić information content (AvgIpc) is 2.77. The van der Waals surface area contributed by atoms with Crippen molar-refractivity contribution >= 4 is 27.5 Å². The smallest absolute Gasteiger partial charge is 0.392 e. The molecule has 1 aromatic rings. The largest absolute Gasteiger partial charge is 0.416 e. The van der Waals surface area contributed by atoms with E-state index in [4.69, 9.17) is 11.6 Å². The molecule has 1 aliphatic heterocycles. The highest BCUT2D eigenvalue weighted by atomic mass is 35.5. The van der Waals surface area contributed by atoms with Crippen LogP contribution < -0.4 is 5.32 Å². The van der Waals surface area contributed by atoms with Crippen molar-refractivity contribution in [2.24, 2.45) is 0 Å². The number of hydrogen-bond donors (Lipinski definition) is 2.